The molecule has 0 bridgehead atoms. The Morgan fingerprint density at radius 2 is 1.82 bits per heavy atom. The van der Waals surface area contributed by atoms with Crippen LogP contribution in [0.5, 0.6) is 0 Å². The highest BCUT2D eigenvalue weighted by molar-refractivity contribution is 6.01. The van der Waals surface area contributed by atoms with Gasteiger partial charge in [0.05, 0.1) is 0 Å². The summed E-state index contributed by atoms with van der Waals surface area (Å²) in [4.78, 5) is 65.4. The first-order valence-electron chi connectivity index (χ1n) is 11.6. The number of carbonyl (C=O) groups excluding carboxylic acids is 5. The van der Waals surface area contributed by atoms with Crippen LogP contribution in [0.2, 0.25) is 0 Å². The number of ether oxygens (including phenoxy) is 1. The minimum absolute atomic E-state index is 0.0250. The number of hydrogen-bond donors (Lipinski definition) is 2. The molecular weight excluding hydrogens is 440 g/mol. The molecule has 3 unspecified atom stereocenters. The maximum absolute atomic E-state index is 13.2. The van der Waals surface area contributed by atoms with E-state index in [-0.39, 0.29) is 31.3 Å². The summed E-state index contributed by atoms with van der Waals surface area (Å²) in [6, 6.07) is 6.33. The number of rotatable bonds is 8. The molecule has 10 heteroatoms. The summed E-state index contributed by atoms with van der Waals surface area (Å²) < 4.78 is 5.26. The smallest absolute Gasteiger partial charge is 0.417 e. The van der Waals surface area contributed by atoms with Gasteiger partial charge in [-0.05, 0) is 37.2 Å². The van der Waals surface area contributed by atoms with E-state index in [0.29, 0.717) is 25.8 Å². The fourth-order valence-corrected chi connectivity index (χ4v) is 4.44. The number of nitrogens with two attached hydrogens (primary N) is 1. The fourth-order valence-electron chi connectivity index (χ4n) is 4.44. The van der Waals surface area contributed by atoms with E-state index in [1.165, 1.54) is 4.90 Å². The van der Waals surface area contributed by atoms with Crippen LogP contribution in [0.3, 0.4) is 0 Å². The van der Waals surface area contributed by atoms with Crippen molar-refractivity contribution in [3.8, 4) is 0 Å². The molecule has 3 atom stereocenters. The van der Waals surface area contributed by atoms with Crippen LogP contribution in [0.4, 0.5) is 4.79 Å². The van der Waals surface area contributed by atoms with Crippen molar-refractivity contribution < 1.29 is 28.7 Å². The second-order valence-electron chi connectivity index (χ2n) is 9.14. The Kier molecular flexibility index (Phi) is 8.25. The van der Waals surface area contributed by atoms with Crippen molar-refractivity contribution in [2.24, 2.45) is 11.7 Å². The summed E-state index contributed by atoms with van der Waals surface area (Å²) >= 11 is 0. The minimum atomic E-state index is -1.07. The standard InChI is InChI=1S/C24H32N4O6/c1-15(2)13-17(23(32)27-12-6-9-18(27)21(25)30)26-22(31)19-10-11-20(29)28(19)24(33)34-14-16-7-4-3-5-8-16/h3-5,7-8,15,17-19H,6,9-14H2,1-2H3,(H2,25,30)(H,26,31). The number of benzene rings is 1. The number of primary amides is 1. The number of nitrogens with zero attached hydrogens (tertiary/aromatic N) is 2. The van der Waals surface area contributed by atoms with Crippen LogP contribution in [0.1, 0.15) is 51.5 Å². The second kappa shape index (κ2) is 11.1. The zero-order valence-electron chi connectivity index (χ0n) is 19.6. The summed E-state index contributed by atoms with van der Waals surface area (Å²) in [6.07, 6.45) is 0.748. The molecule has 184 valence electrons. The van der Waals surface area contributed by atoms with E-state index >= 15 is 0 Å². The van der Waals surface area contributed by atoms with Gasteiger partial charge in [-0.2, -0.15) is 0 Å². The van der Waals surface area contributed by atoms with Gasteiger partial charge in [-0.1, -0.05) is 44.2 Å². The Bertz CT molecular complexity index is 935. The van der Waals surface area contributed by atoms with E-state index in [1.54, 1.807) is 24.3 Å². The Hall–Kier alpha value is -3.43. The zero-order chi connectivity index (χ0) is 24.8. The molecule has 34 heavy (non-hydrogen) atoms. The van der Waals surface area contributed by atoms with Crippen molar-refractivity contribution in [2.75, 3.05) is 6.54 Å². The van der Waals surface area contributed by atoms with Gasteiger partial charge < -0.3 is 20.7 Å². The molecule has 2 saturated heterocycles. The first kappa shape index (κ1) is 25.2. The van der Waals surface area contributed by atoms with Gasteiger partial charge >= 0.3 is 6.09 Å². The minimum Gasteiger partial charge on any atom is -0.444 e. The number of nitrogens with one attached hydrogen (secondary N) is 1. The van der Waals surface area contributed by atoms with Crippen molar-refractivity contribution in [3.05, 3.63) is 35.9 Å². The largest absolute Gasteiger partial charge is 0.444 e. The average molecular weight is 473 g/mol. The lowest BCUT2D eigenvalue weighted by Crippen LogP contribution is -2.56. The molecule has 0 aromatic heterocycles. The highest BCUT2D eigenvalue weighted by atomic mass is 16.6. The predicted octanol–water partition coefficient (Wildman–Crippen LogP) is 1.32. The highest BCUT2D eigenvalue weighted by Gasteiger charge is 2.43. The van der Waals surface area contributed by atoms with Crippen molar-refractivity contribution in [1.29, 1.82) is 0 Å². The van der Waals surface area contributed by atoms with Gasteiger partial charge in [-0.25, -0.2) is 9.69 Å². The van der Waals surface area contributed by atoms with Crippen LogP contribution in [0.15, 0.2) is 30.3 Å². The molecule has 3 N–H and O–H groups in total. The van der Waals surface area contributed by atoms with Gasteiger partial charge in [0, 0.05) is 13.0 Å². The quantitative estimate of drug-likeness (QED) is 0.585. The summed E-state index contributed by atoms with van der Waals surface area (Å²) in [5.74, 6) is -1.99. The van der Waals surface area contributed by atoms with Crippen LogP contribution in [0, 0.1) is 5.92 Å². The number of carbonyl (C=O) groups is 5. The summed E-state index contributed by atoms with van der Waals surface area (Å²) in [5.41, 5.74) is 6.20. The lowest BCUT2D eigenvalue weighted by molar-refractivity contribution is -0.142. The molecule has 0 saturated carbocycles. The van der Waals surface area contributed by atoms with Gasteiger partial charge in [-0.3, -0.25) is 19.2 Å². The summed E-state index contributed by atoms with van der Waals surface area (Å²) in [6.45, 7) is 4.18. The van der Waals surface area contributed by atoms with Gasteiger partial charge in [0.15, 0.2) is 0 Å². The number of hydrogen-bond acceptors (Lipinski definition) is 6. The SMILES string of the molecule is CC(C)CC(NC(=O)C1CCC(=O)N1C(=O)OCc1ccccc1)C(=O)N1CCCC1C(N)=O. The van der Waals surface area contributed by atoms with Crippen molar-refractivity contribution in [3.63, 3.8) is 0 Å². The maximum Gasteiger partial charge on any atom is 0.417 e. The topological polar surface area (TPSA) is 139 Å². The fraction of sp³-hybridized carbons (Fsp3) is 0.542. The molecule has 2 aliphatic heterocycles. The van der Waals surface area contributed by atoms with E-state index < -0.39 is 41.9 Å². The van der Waals surface area contributed by atoms with E-state index in [2.05, 4.69) is 5.32 Å². The average Bonchev–Trinajstić information content (AvgIpc) is 3.44. The molecule has 1 aromatic carbocycles. The highest BCUT2D eigenvalue weighted by Crippen LogP contribution is 2.23. The van der Waals surface area contributed by atoms with Gasteiger partial charge in [0.2, 0.25) is 23.6 Å². The Morgan fingerprint density at radius 3 is 2.47 bits per heavy atom. The normalized spacial score (nSPS) is 21.0. The second-order valence-corrected chi connectivity index (χ2v) is 9.14. The molecular formula is C24H32N4O6. The molecule has 2 heterocycles. The molecule has 5 amide bonds. The lowest BCUT2D eigenvalue weighted by atomic mass is 10.0. The number of amides is 5. The third-order valence-electron chi connectivity index (χ3n) is 6.10. The molecule has 2 aliphatic rings. The van der Waals surface area contributed by atoms with Crippen LogP contribution >= 0.6 is 0 Å². The van der Waals surface area contributed by atoms with Crippen molar-refractivity contribution in [1.82, 2.24) is 15.1 Å². The first-order chi connectivity index (χ1) is 16.2. The first-order valence-corrected chi connectivity index (χ1v) is 11.6. The monoisotopic (exact) mass is 472 g/mol. The van der Waals surface area contributed by atoms with Gasteiger partial charge in [0.1, 0.15) is 24.7 Å². The molecule has 2 fully saturated rings. The van der Waals surface area contributed by atoms with Crippen LogP contribution < -0.4 is 11.1 Å². The molecule has 1 aromatic rings. The van der Waals surface area contributed by atoms with Gasteiger partial charge in [0.25, 0.3) is 0 Å². The summed E-state index contributed by atoms with van der Waals surface area (Å²) in [7, 11) is 0. The Labute approximate surface area is 198 Å². The van der Waals surface area contributed by atoms with Crippen LogP contribution in [-0.2, 0) is 30.5 Å². The van der Waals surface area contributed by atoms with E-state index in [1.807, 2.05) is 19.9 Å². The predicted molar refractivity (Wildman–Crippen MR) is 122 cm³/mol. The molecule has 0 aliphatic carbocycles. The summed E-state index contributed by atoms with van der Waals surface area (Å²) in [5, 5.41) is 2.72. The van der Waals surface area contributed by atoms with Crippen molar-refractivity contribution in [2.45, 2.75) is 70.7 Å². The Balaban J connectivity index is 1.69. The van der Waals surface area contributed by atoms with Crippen LogP contribution in [0.25, 0.3) is 0 Å². The van der Waals surface area contributed by atoms with Crippen molar-refractivity contribution >= 4 is 29.7 Å². The van der Waals surface area contributed by atoms with E-state index in [0.717, 1.165) is 10.5 Å². The van der Waals surface area contributed by atoms with Gasteiger partial charge in [-0.15, -0.1) is 0 Å². The van der Waals surface area contributed by atoms with Crippen LogP contribution in [-0.4, -0.2) is 64.2 Å². The maximum atomic E-state index is 13.2. The zero-order valence-corrected chi connectivity index (χ0v) is 19.6. The number of likely N-dealkylation sites (tertiary alicyclic amines) is 2. The lowest BCUT2D eigenvalue weighted by Gasteiger charge is -2.30. The van der Waals surface area contributed by atoms with E-state index in [9.17, 15) is 24.0 Å². The molecule has 10 nitrogen and oxygen atoms in total. The molecule has 3 rings (SSSR count). The molecule has 0 radical (unpaired) electrons. The molecule has 0 spiro atoms. The van der Waals surface area contributed by atoms with E-state index in [4.69, 9.17) is 10.5 Å². The number of imide groups is 1. The Morgan fingerprint density at radius 1 is 1.12 bits per heavy atom. The third-order valence-corrected chi connectivity index (χ3v) is 6.10. The third kappa shape index (κ3) is 5.92.